The second-order valence-corrected chi connectivity index (χ2v) is 7.13. The summed E-state index contributed by atoms with van der Waals surface area (Å²) in [7, 11) is 0. The van der Waals surface area contributed by atoms with Gasteiger partial charge in [-0.25, -0.2) is 4.98 Å². The zero-order valence-corrected chi connectivity index (χ0v) is 17.1. The van der Waals surface area contributed by atoms with E-state index in [0.717, 1.165) is 0 Å². The maximum atomic E-state index is 13.1. The first kappa shape index (κ1) is 20.5. The highest BCUT2D eigenvalue weighted by Gasteiger charge is 2.44. The molecule has 0 saturated heterocycles. The molecule has 2 aromatic heterocycles. The number of amides is 1. The lowest BCUT2D eigenvalue weighted by molar-refractivity contribution is -0.129. The number of furan rings is 1. The van der Waals surface area contributed by atoms with E-state index in [9.17, 15) is 14.7 Å². The van der Waals surface area contributed by atoms with Crippen LogP contribution in [0.2, 0.25) is 0 Å². The average Bonchev–Trinajstić information content (AvgIpc) is 3.53. The minimum Gasteiger partial charge on any atom is -0.503 e. The molecule has 0 unspecified atom stereocenters. The minimum absolute atomic E-state index is 0.0201. The van der Waals surface area contributed by atoms with Crippen molar-refractivity contribution >= 4 is 11.7 Å². The Balaban J connectivity index is 1.65. The second kappa shape index (κ2) is 8.91. The predicted molar refractivity (Wildman–Crippen MR) is 112 cm³/mol. The maximum absolute atomic E-state index is 13.1. The molecule has 0 bridgehead atoms. The number of imidazole rings is 1. The molecule has 4 rings (SSSR count). The lowest BCUT2D eigenvalue weighted by atomic mass is 9.95. The van der Waals surface area contributed by atoms with Crippen LogP contribution in [0.25, 0.3) is 0 Å². The Hall–Kier alpha value is -3.81. The van der Waals surface area contributed by atoms with Crippen LogP contribution < -0.4 is 4.74 Å². The largest absolute Gasteiger partial charge is 0.503 e. The van der Waals surface area contributed by atoms with Gasteiger partial charge in [-0.15, -0.1) is 0 Å². The Kier molecular flexibility index (Phi) is 5.88. The van der Waals surface area contributed by atoms with Crippen LogP contribution in [0.3, 0.4) is 0 Å². The number of rotatable bonds is 9. The van der Waals surface area contributed by atoms with Crippen molar-refractivity contribution in [2.24, 2.45) is 0 Å². The van der Waals surface area contributed by atoms with Crippen LogP contribution in [0.4, 0.5) is 0 Å². The van der Waals surface area contributed by atoms with Gasteiger partial charge in [0.15, 0.2) is 11.5 Å². The standard InChI is InChI=1S/C23H23N3O5/c1-2-30-17-8-6-16(7-9-17)20-19(21(27)18-5-3-14-31-18)22(28)23(29)26(20)12-4-11-25-13-10-24-15-25/h3,5-10,13-15,20,28H,2,4,11-12H2,1H3/t20-/m0/s1. The summed E-state index contributed by atoms with van der Waals surface area (Å²) in [5.74, 6) is -0.853. The highest BCUT2D eigenvalue weighted by atomic mass is 16.5. The van der Waals surface area contributed by atoms with E-state index >= 15 is 0 Å². The lowest BCUT2D eigenvalue weighted by Crippen LogP contribution is -2.32. The van der Waals surface area contributed by atoms with E-state index in [1.165, 1.54) is 17.2 Å². The van der Waals surface area contributed by atoms with Gasteiger partial charge in [0, 0.05) is 25.5 Å². The first-order valence-corrected chi connectivity index (χ1v) is 10.1. The summed E-state index contributed by atoms with van der Waals surface area (Å²) in [6.07, 6.45) is 7.26. The monoisotopic (exact) mass is 421 g/mol. The molecular weight excluding hydrogens is 398 g/mol. The van der Waals surface area contributed by atoms with Crippen LogP contribution in [-0.4, -0.2) is 44.4 Å². The molecular formula is C23H23N3O5. The highest BCUT2D eigenvalue weighted by Crippen LogP contribution is 2.39. The predicted octanol–water partition coefficient (Wildman–Crippen LogP) is 3.54. The van der Waals surface area contributed by atoms with Crippen LogP contribution in [0.5, 0.6) is 5.75 Å². The fourth-order valence-corrected chi connectivity index (χ4v) is 3.76. The molecule has 1 aliphatic rings. The lowest BCUT2D eigenvalue weighted by Gasteiger charge is -2.27. The fraction of sp³-hybridized carbons (Fsp3) is 0.261. The molecule has 1 atom stereocenters. The molecule has 1 aliphatic heterocycles. The normalized spacial score (nSPS) is 16.2. The molecule has 0 aliphatic carbocycles. The van der Waals surface area contributed by atoms with Crippen molar-refractivity contribution in [2.75, 3.05) is 13.2 Å². The third-order valence-electron chi connectivity index (χ3n) is 5.17. The fourth-order valence-electron chi connectivity index (χ4n) is 3.76. The summed E-state index contributed by atoms with van der Waals surface area (Å²) < 4.78 is 12.6. The van der Waals surface area contributed by atoms with Gasteiger partial charge in [0.2, 0.25) is 5.78 Å². The van der Waals surface area contributed by atoms with Gasteiger partial charge in [-0.2, -0.15) is 0 Å². The van der Waals surface area contributed by atoms with Crippen molar-refractivity contribution in [3.8, 4) is 5.75 Å². The van der Waals surface area contributed by atoms with Crippen LogP contribution in [0.1, 0.15) is 35.5 Å². The Morgan fingerprint density at radius 2 is 2.03 bits per heavy atom. The number of Topliss-reactive ketones (excluding diaryl/α,β-unsaturated/α-hetero) is 1. The summed E-state index contributed by atoms with van der Waals surface area (Å²) in [6.45, 7) is 3.44. The number of benzene rings is 1. The summed E-state index contributed by atoms with van der Waals surface area (Å²) in [5, 5.41) is 10.6. The minimum atomic E-state index is -0.719. The van der Waals surface area contributed by atoms with Gasteiger partial charge in [0.05, 0.1) is 30.8 Å². The van der Waals surface area contributed by atoms with E-state index in [0.29, 0.717) is 37.4 Å². The molecule has 8 nitrogen and oxygen atoms in total. The molecule has 31 heavy (non-hydrogen) atoms. The van der Waals surface area contributed by atoms with E-state index < -0.39 is 23.5 Å². The molecule has 8 heteroatoms. The Morgan fingerprint density at radius 3 is 2.68 bits per heavy atom. The van der Waals surface area contributed by atoms with Gasteiger partial charge >= 0.3 is 0 Å². The number of aliphatic hydroxyl groups excluding tert-OH is 1. The number of carbonyl (C=O) groups is 2. The van der Waals surface area contributed by atoms with Crippen LogP contribution in [-0.2, 0) is 11.3 Å². The summed E-state index contributed by atoms with van der Waals surface area (Å²) in [4.78, 5) is 31.6. The molecule has 0 radical (unpaired) electrons. The van der Waals surface area contributed by atoms with Crippen molar-refractivity contribution in [3.05, 3.63) is 84.0 Å². The SMILES string of the molecule is CCOc1ccc([C@H]2C(C(=O)c3ccco3)=C(O)C(=O)N2CCCn2ccnc2)cc1. The second-order valence-electron chi connectivity index (χ2n) is 7.13. The number of aryl methyl sites for hydroxylation is 1. The molecule has 1 aromatic carbocycles. The quantitative estimate of drug-likeness (QED) is 0.531. The van der Waals surface area contributed by atoms with Gasteiger partial charge in [-0.1, -0.05) is 12.1 Å². The number of hydrogen-bond donors (Lipinski definition) is 1. The average molecular weight is 421 g/mol. The maximum Gasteiger partial charge on any atom is 0.290 e. The van der Waals surface area contributed by atoms with Crippen molar-refractivity contribution in [2.45, 2.75) is 25.9 Å². The van der Waals surface area contributed by atoms with Gasteiger partial charge in [0.25, 0.3) is 5.91 Å². The molecule has 0 fully saturated rings. The van der Waals surface area contributed by atoms with Crippen molar-refractivity contribution < 1.29 is 23.8 Å². The third-order valence-corrected chi connectivity index (χ3v) is 5.17. The van der Waals surface area contributed by atoms with Crippen LogP contribution in [0, 0.1) is 0 Å². The van der Waals surface area contributed by atoms with Gasteiger partial charge in [-0.3, -0.25) is 9.59 Å². The number of ketones is 1. The molecule has 0 spiro atoms. The smallest absolute Gasteiger partial charge is 0.290 e. The van der Waals surface area contributed by atoms with E-state index in [-0.39, 0.29) is 11.3 Å². The number of aromatic nitrogens is 2. The number of hydrogen-bond acceptors (Lipinski definition) is 6. The van der Waals surface area contributed by atoms with Crippen LogP contribution in [0.15, 0.2) is 77.1 Å². The van der Waals surface area contributed by atoms with E-state index in [4.69, 9.17) is 9.15 Å². The van der Waals surface area contributed by atoms with Gasteiger partial charge in [0.1, 0.15) is 5.75 Å². The number of carbonyl (C=O) groups excluding carboxylic acids is 2. The molecule has 3 heterocycles. The van der Waals surface area contributed by atoms with Crippen LogP contribution >= 0.6 is 0 Å². The third kappa shape index (κ3) is 4.09. The first-order valence-electron chi connectivity index (χ1n) is 10.1. The molecule has 1 amide bonds. The molecule has 160 valence electrons. The number of aliphatic hydroxyl groups is 1. The first-order chi connectivity index (χ1) is 15.1. The van der Waals surface area contributed by atoms with Crippen molar-refractivity contribution in [1.82, 2.24) is 14.5 Å². The van der Waals surface area contributed by atoms with E-state index in [2.05, 4.69) is 4.98 Å². The van der Waals surface area contributed by atoms with E-state index in [1.807, 2.05) is 17.7 Å². The highest BCUT2D eigenvalue weighted by molar-refractivity contribution is 6.15. The summed E-state index contributed by atoms with van der Waals surface area (Å²) in [5.41, 5.74) is 0.727. The van der Waals surface area contributed by atoms with E-state index in [1.54, 1.807) is 42.9 Å². The Morgan fingerprint density at radius 1 is 1.23 bits per heavy atom. The number of nitrogens with zero attached hydrogens (tertiary/aromatic N) is 3. The van der Waals surface area contributed by atoms with Gasteiger partial charge < -0.3 is 23.7 Å². The van der Waals surface area contributed by atoms with Crippen molar-refractivity contribution in [3.63, 3.8) is 0 Å². The molecule has 1 N–H and O–H groups in total. The zero-order valence-electron chi connectivity index (χ0n) is 17.1. The summed E-state index contributed by atoms with van der Waals surface area (Å²) >= 11 is 0. The topological polar surface area (TPSA) is 97.8 Å². The zero-order chi connectivity index (χ0) is 21.8. The van der Waals surface area contributed by atoms with Gasteiger partial charge in [-0.05, 0) is 43.2 Å². The summed E-state index contributed by atoms with van der Waals surface area (Å²) in [6, 6.07) is 9.58. The van der Waals surface area contributed by atoms with Crippen molar-refractivity contribution in [1.29, 1.82) is 0 Å². The number of ether oxygens (including phenoxy) is 1. The molecule has 0 saturated carbocycles. The molecule has 3 aromatic rings. The Bertz CT molecular complexity index is 1070. The Labute approximate surface area is 179 Å².